The number of amides is 1. The van der Waals surface area contributed by atoms with Gasteiger partial charge in [-0.25, -0.2) is 4.98 Å². The number of benzene rings is 1. The van der Waals surface area contributed by atoms with Crippen LogP contribution in [0.2, 0.25) is 0 Å². The first kappa shape index (κ1) is 18.3. The van der Waals surface area contributed by atoms with Crippen molar-refractivity contribution in [3.8, 4) is 11.4 Å². The van der Waals surface area contributed by atoms with Crippen molar-refractivity contribution in [3.05, 3.63) is 80.6 Å². The van der Waals surface area contributed by atoms with Crippen molar-refractivity contribution in [2.75, 3.05) is 5.32 Å². The molecule has 1 amide bonds. The normalized spacial score (nSPS) is 10.6. The van der Waals surface area contributed by atoms with Crippen molar-refractivity contribution in [3.63, 3.8) is 0 Å². The van der Waals surface area contributed by atoms with Crippen LogP contribution in [0.1, 0.15) is 24.6 Å². The molecule has 7 heteroatoms. The van der Waals surface area contributed by atoms with Crippen molar-refractivity contribution >= 4 is 11.6 Å². The molecule has 1 aromatic carbocycles. The Morgan fingerprint density at radius 2 is 1.96 bits per heavy atom. The number of aromatic nitrogens is 3. The van der Waals surface area contributed by atoms with Gasteiger partial charge in [0.05, 0.1) is 0 Å². The molecule has 0 radical (unpaired) electrons. The summed E-state index contributed by atoms with van der Waals surface area (Å²) in [5.74, 6) is 0.339. The molecule has 3 aromatic rings. The fourth-order valence-corrected chi connectivity index (χ4v) is 2.65. The summed E-state index contributed by atoms with van der Waals surface area (Å²) >= 11 is 0. The zero-order chi connectivity index (χ0) is 19.2. The number of nitrogens with zero attached hydrogens (tertiary/aromatic N) is 1. The molecule has 27 heavy (non-hydrogen) atoms. The van der Waals surface area contributed by atoms with Gasteiger partial charge in [0.25, 0.3) is 5.56 Å². The number of hydrogen-bond donors (Lipinski definition) is 3. The Bertz CT molecular complexity index is 1050. The topological polar surface area (TPSA) is 108 Å². The van der Waals surface area contributed by atoms with E-state index in [1.54, 1.807) is 30.5 Å². The molecular weight excluding hydrogens is 344 g/mol. The van der Waals surface area contributed by atoms with E-state index in [2.05, 4.69) is 20.3 Å². The van der Waals surface area contributed by atoms with Gasteiger partial charge in [-0.15, -0.1) is 0 Å². The van der Waals surface area contributed by atoms with Crippen LogP contribution in [0.3, 0.4) is 0 Å². The number of pyridine rings is 1. The maximum absolute atomic E-state index is 12.2. The largest absolute Gasteiger partial charge is 0.329 e. The zero-order valence-electron chi connectivity index (χ0n) is 14.9. The second-order valence-electron chi connectivity index (χ2n) is 6.13. The molecule has 0 aliphatic rings. The number of carbonyl (C=O) groups is 1. The summed E-state index contributed by atoms with van der Waals surface area (Å²) in [5, 5.41) is 2.85. The van der Waals surface area contributed by atoms with Crippen LogP contribution in [-0.2, 0) is 17.6 Å². The predicted octanol–water partition coefficient (Wildman–Crippen LogP) is 2.26. The van der Waals surface area contributed by atoms with Crippen LogP contribution in [0.5, 0.6) is 0 Å². The van der Waals surface area contributed by atoms with Gasteiger partial charge in [-0.3, -0.25) is 14.4 Å². The van der Waals surface area contributed by atoms with Gasteiger partial charge in [0.2, 0.25) is 11.5 Å². The Hall–Kier alpha value is -3.48. The number of anilines is 1. The number of aryl methyl sites for hydroxylation is 2. The van der Waals surface area contributed by atoms with Crippen LogP contribution in [0.4, 0.5) is 5.69 Å². The molecule has 2 heterocycles. The average molecular weight is 364 g/mol. The second kappa shape index (κ2) is 8.27. The molecule has 7 nitrogen and oxygen atoms in total. The summed E-state index contributed by atoms with van der Waals surface area (Å²) < 4.78 is 0. The molecule has 0 unspecified atom stereocenters. The number of H-pyrrole nitrogens is 2. The van der Waals surface area contributed by atoms with E-state index < -0.39 is 0 Å². The maximum atomic E-state index is 12.2. The van der Waals surface area contributed by atoms with Gasteiger partial charge in [-0.1, -0.05) is 25.1 Å². The Morgan fingerprint density at radius 3 is 2.70 bits per heavy atom. The molecule has 0 saturated carbocycles. The third-order valence-electron chi connectivity index (χ3n) is 4.07. The Labute approximate surface area is 155 Å². The van der Waals surface area contributed by atoms with Crippen LogP contribution >= 0.6 is 0 Å². The van der Waals surface area contributed by atoms with Gasteiger partial charge in [0, 0.05) is 41.7 Å². The van der Waals surface area contributed by atoms with Gasteiger partial charge in [0.1, 0.15) is 5.82 Å². The summed E-state index contributed by atoms with van der Waals surface area (Å²) in [6.45, 7) is 1.94. The summed E-state index contributed by atoms with van der Waals surface area (Å²) in [4.78, 5) is 44.7. The Balaban J connectivity index is 1.69. The van der Waals surface area contributed by atoms with Gasteiger partial charge in [-0.05, 0) is 30.5 Å². The van der Waals surface area contributed by atoms with E-state index in [0.717, 1.165) is 11.1 Å². The van der Waals surface area contributed by atoms with Crippen molar-refractivity contribution in [1.29, 1.82) is 0 Å². The van der Waals surface area contributed by atoms with E-state index in [-0.39, 0.29) is 23.4 Å². The van der Waals surface area contributed by atoms with Crippen LogP contribution in [0, 0.1) is 0 Å². The van der Waals surface area contributed by atoms with Crippen molar-refractivity contribution < 1.29 is 4.79 Å². The second-order valence-corrected chi connectivity index (χ2v) is 6.13. The lowest BCUT2D eigenvalue weighted by molar-refractivity contribution is -0.116. The van der Waals surface area contributed by atoms with Gasteiger partial charge in [-0.2, -0.15) is 0 Å². The molecule has 0 aliphatic heterocycles. The Kier molecular flexibility index (Phi) is 5.61. The first-order chi connectivity index (χ1) is 13.0. The van der Waals surface area contributed by atoms with Crippen LogP contribution < -0.4 is 16.4 Å². The molecule has 0 saturated heterocycles. The fourth-order valence-electron chi connectivity index (χ4n) is 2.65. The van der Waals surface area contributed by atoms with Crippen molar-refractivity contribution in [2.24, 2.45) is 0 Å². The first-order valence-electron chi connectivity index (χ1n) is 8.71. The number of carbonyl (C=O) groups excluding carboxylic acids is 1. The quantitative estimate of drug-likeness (QED) is 0.623. The van der Waals surface area contributed by atoms with E-state index in [0.29, 0.717) is 30.0 Å². The summed E-state index contributed by atoms with van der Waals surface area (Å²) in [6.07, 6.45) is 3.09. The number of rotatable bonds is 6. The average Bonchev–Trinajstić information content (AvgIpc) is 2.67. The third kappa shape index (κ3) is 5.01. The monoisotopic (exact) mass is 364 g/mol. The van der Waals surface area contributed by atoms with Gasteiger partial charge >= 0.3 is 0 Å². The highest BCUT2D eigenvalue weighted by atomic mass is 16.1. The molecule has 0 bridgehead atoms. The van der Waals surface area contributed by atoms with E-state index in [9.17, 15) is 14.4 Å². The molecule has 0 spiro atoms. The van der Waals surface area contributed by atoms with E-state index in [1.807, 2.05) is 13.0 Å². The summed E-state index contributed by atoms with van der Waals surface area (Å²) in [6, 6.07) is 11.8. The molecule has 0 atom stereocenters. The molecule has 0 fully saturated rings. The first-order valence-corrected chi connectivity index (χ1v) is 8.71. The SMILES string of the molecule is CCc1cc(=O)[nH]c(-c2cccc(NC(=O)CCc3ccc(=O)[nH]c3)c2)n1. The minimum Gasteiger partial charge on any atom is -0.329 e. The molecule has 138 valence electrons. The minimum atomic E-state index is -0.202. The zero-order valence-corrected chi connectivity index (χ0v) is 14.9. The minimum absolute atomic E-state index is 0.137. The number of aromatic amines is 2. The van der Waals surface area contributed by atoms with Crippen LogP contribution in [0.15, 0.2) is 58.3 Å². The highest BCUT2D eigenvalue weighted by Crippen LogP contribution is 2.19. The van der Waals surface area contributed by atoms with Crippen LogP contribution in [0.25, 0.3) is 11.4 Å². The number of hydrogen-bond acceptors (Lipinski definition) is 4. The number of nitrogens with one attached hydrogen (secondary N) is 3. The maximum Gasteiger partial charge on any atom is 0.251 e. The Morgan fingerprint density at radius 1 is 1.11 bits per heavy atom. The lowest BCUT2D eigenvalue weighted by Crippen LogP contribution is -2.13. The van der Waals surface area contributed by atoms with Gasteiger partial charge < -0.3 is 15.3 Å². The van der Waals surface area contributed by atoms with Gasteiger partial charge in [0.15, 0.2) is 0 Å². The van der Waals surface area contributed by atoms with Crippen molar-refractivity contribution in [1.82, 2.24) is 15.0 Å². The molecular formula is C20H20N4O3. The van der Waals surface area contributed by atoms with E-state index >= 15 is 0 Å². The third-order valence-corrected chi connectivity index (χ3v) is 4.07. The molecule has 0 aliphatic carbocycles. The summed E-state index contributed by atoms with van der Waals surface area (Å²) in [5.41, 5.74) is 2.58. The standard InChI is InChI=1S/C20H20N4O3/c1-2-15-11-19(27)24-20(23-15)14-4-3-5-16(10-14)22-18(26)9-7-13-6-8-17(25)21-12-13/h3-6,8,10-12H,2,7,9H2,1H3,(H,21,25)(H,22,26)(H,23,24,27). The molecule has 3 N–H and O–H groups in total. The summed E-state index contributed by atoms with van der Waals surface area (Å²) in [7, 11) is 0. The highest BCUT2D eigenvalue weighted by Gasteiger charge is 2.07. The van der Waals surface area contributed by atoms with Crippen LogP contribution in [-0.4, -0.2) is 20.9 Å². The lowest BCUT2D eigenvalue weighted by atomic mass is 10.1. The lowest BCUT2D eigenvalue weighted by Gasteiger charge is -2.08. The highest BCUT2D eigenvalue weighted by molar-refractivity contribution is 5.91. The fraction of sp³-hybridized carbons (Fsp3) is 0.200. The van der Waals surface area contributed by atoms with E-state index in [4.69, 9.17) is 0 Å². The smallest absolute Gasteiger partial charge is 0.251 e. The van der Waals surface area contributed by atoms with E-state index in [1.165, 1.54) is 12.1 Å². The predicted molar refractivity (Wildman–Crippen MR) is 104 cm³/mol. The molecule has 3 rings (SSSR count). The van der Waals surface area contributed by atoms with Crippen molar-refractivity contribution in [2.45, 2.75) is 26.2 Å². The molecule has 2 aromatic heterocycles.